The number of hydrogen-bond acceptors (Lipinski definition) is 7. The number of thioether (sulfide) groups is 1. The second-order valence-corrected chi connectivity index (χ2v) is 8.67. The van der Waals surface area contributed by atoms with Gasteiger partial charge in [-0.05, 0) is 35.4 Å². The Hall–Kier alpha value is -3.69. The van der Waals surface area contributed by atoms with E-state index < -0.39 is 11.1 Å². The molecule has 0 aliphatic carbocycles. The third-order valence-electron chi connectivity index (χ3n) is 5.24. The SMILES string of the molecule is O=C1NC(SCc2ccccc2Cl)=NN2C1=c1ccccc1=N[C@H]2c1ccc([N+](=O)[O-])cc1. The largest absolute Gasteiger partial charge is 0.298 e. The molecule has 8 nitrogen and oxygen atoms in total. The van der Waals surface area contributed by atoms with Crippen molar-refractivity contribution in [3.05, 3.63) is 110 Å². The van der Waals surface area contributed by atoms with Crippen molar-refractivity contribution in [2.45, 2.75) is 11.9 Å². The first-order valence-electron chi connectivity index (χ1n) is 9.98. The summed E-state index contributed by atoms with van der Waals surface area (Å²) in [6.45, 7) is 0. The van der Waals surface area contributed by atoms with Gasteiger partial charge in [0.15, 0.2) is 11.3 Å². The number of nitrogens with one attached hydrogen (secondary N) is 1. The van der Waals surface area contributed by atoms with Crippen molar-refractivity contribution in [1.29, 1.82) is 0 Å². The van der Waals surface area contributed by atoms with Crippen molar-refractivity contribution in [3.63, 3.8) is 0 Å². The normalized spacial score (nSPS) is 16.8. The maximum absolute atomic E-state index is 13.2. The predicted octanol–water partition coefficient (Wildman–Crippen LogP) is 3.32. The number of fused-ring (bicyclic) bond motifs is 2. The molecule has 2 aliphatic rings. The minimum Gasteiger partial charge on any atom is -0.298 e. The average molecular weight is 478 g/mol. The van der Waals surface area contributed by atoms with Gasteiger partial charge in [0.1, 0.15) is 5.70 Å². The van der Waals surface area contributed by atoms with Gasteiger partial charge in [-0.2, -0.15) is 0 Å². The summed E-state index contributed by atoms with van der Waals surface area (Å²) in [5.74, 6) is 0.235. The number of hydrazone groups is 1. The highest BCUT2D eigenvalue weighted by atomic mass is 35.5. The van der Waals surface area contributed by atoms with Crippen LogP contribution in [0.15, 0.2) is 82.9 Å². The molecule has 33 heavy (non-hydrogen) atoms. The van der Waals surface area contributed by atoms with Gasteiger partial charge in [0.2, 0.25) is 0 Å². The lowest BCUT2D eigenvalue weighted by Crippen LogP contribution is -2.50. The van der Waals surface area contributed by atoms with Gasteiger partial charge in [0.25, 0.3) is 11.6 Å². The number of halogens is 1. The molecule has 3 aromatic carbocycles. The topological polar surface area (TPSA) is 100 Å². The Morgan fingerprint density at radius 3 is 2.55 bits per heavy atom. The van der Waals surface area contributed by atoms with E-state index >= 15 is 0 Å². The molecule has 0 fully saturated rings. The van der Waals surface area contributed by atoms with Crippen LogP contribution in [-0.4, -0.2) is 21.0 Å². The molecule has 1 N–H and O–H groups in total. The third kappa shape index (κ3) is 4.08. The van der Waals surface area contributed by atoms with E-state index in [4.69, 9.17) is 16.6 Å². The van der Waals surface area contributed by atoms with Gasteiger partial charge in [-0.1, -0.05) is 59.8 Å². The Kier molecular flexibility index (Phi) is 5.57. The van der Waals surface area contributed by atoms with Crippen LogP contribution in [0.25, 0.3) is 5.70 Å². The number of nitro benzene ring substituents is 1. The number of nitrogens with zero attached hydrogens (tertiary/aromatic N) is 4. The zero-order valence-electron chi connectivity index (χ0n) is 17.0. The number of nitro groups is 1. The number of rotatable bonds is 4. The highest BCUT2D eigenvalue weighted by molar-refractivity contribution is 8.13. The molecule has 0 spiro atoms. The Morgan fingerprint density at radius 1 is 1.06 bits per heavy atom. The van der Waals surface area contributed by atoms with Crippen LogP contribution in [0.4, 0.5) is 5.69 Å². The van der Waals surface area contributed by atoms with E-state index in [1.54, 1.807) is 17.1 Å². The molecule has 2 heterocycles. The molecular weight excluding hydrogens is 462 g/mol. The maximum Gasteiger partial charge on any atom is 0.276 e. The summed E-state index contributed by atoms with van der Waals surface area (Å²) in [4.78, 5) is 28.6. The summed E-state index contributed by atoms with van der Waals surface area (Å²) in [5.41, 5.74) is 1.97. The third-order valence-corrected chi connectivity index (χ3v) is 6.52. The Bertz CT molecular complexity index is 1420. The molecule has 164 valence electrons. The van der Waals surface area contributed by atoms with Gasteiger partial charge in [0, 0.05) is 28.1 Å². The summed E-state index contributed by atoms with van der Waals surface area (Å²) in [7, 11) is 0. The fourth-order valence-corrected chi connectivity index (χ4v) is 4.78. The second kappa shape index (κ2) is 8.68. The van der Waals surface area contributed by atoms with E-state index in [1.807, 2.05) is 48.5 Å². The molecule has 0 saturated carbocycles. The van der Waals surface area contributed by atoms with Crippen molar-refractivity contribution in [2.75, 3.05) is 0 Å². The number of non-ortho nitro benzene ring substituents is 1. The number of amides is 1. The van der Waals surface area contributed by atoms with E-state index in [9.17, 15) is 14.9 Å². The predicted molar refractivity (Wildman–Crippen MR) is 127 cm³/mol. The Balaban J connectivity index is 1.55. The lowest BCUT2D eigenvalue weighted by molar-refractivity contribution is -0.384. The summed E-state index contributed by atoms with van der Waals surface area (Å²) >= 11 is 7.61. The molecule has 5 rings (SSSR count). The maximum atomic E-state index is 13.2. The molecule has 0 bridgehead atoms. The van der Waals surface area contributed by atoms with E-state index in [-0.39, 0.29) is 11.6 Å². The fraction of sp³-hybridized carbons (Fsp3) is 0.0870. The van der Waals surface area contributed by atoms with E-state index in [0.29, 0.717) is 37.8 Å². The summed E-state index contributed by atoms with van der Waals surface area (Å²) < 4.78 is 0. The standard InChI is InChI=1S/C23H16ClN5O3S/c24-18-7-3-1-5-15(18)13-33-23-26-22(30)20-17-6-2-4-8-19(17)25-21(28(20)27-23)14-9-11-16(12-10-14)29(31)32/h1-12,21H,13H2,(H,26,27,30)/t21-/m1/s1. The van der Waals surface area contributed by atoms with Crippen molar-refractivity contribution < 1.29 is 9.72 Å². The average Bonchev–Trinajstić information content (AvgIpc) is 2.83. The van der Waals surface area contributed by atoms with Gasteiger partial charge in [0.05, 0.1) is 10.3 Å². The van der Waals surface area contributed by atoms with Gasteiger partial charge in [-0.25, -0.2) is 5.01 Å². The van der Waals surface area contributed by atoms with Gasteiger partial charge in [-0.3, -0.25) is 25.2 Å². The molecule has 0 aromatic heterocycles. The fourth-order valence-electron chi connectivity index (χ4n) is 3.64. The molecule has 0 saturated heterocycles. The first-order chi connectivity index (χ1) is 16.0. The number of amidine groups is 1. The van der Waals surface area contributed by atoms with Gasteiger partial charge >= 0.3 is 0 Å². The van der Waals surface area contributed by atoms with E-state index in [0.717, 1.165) is 5.56 Å². The lowest BCUT2D eigenvalue weighted by Gasteiger charge is -2.34. The summed E-state index contributed by atoms with van der Waals surface area (Å²) in [6, 6.07) is 21.0. The molecule has 1 amide bonds. The highest BCUT2D eigenvalue weighted by Crippen LogP contribution is 2.32. The highest BCUT2D eigenvalue weighted by Gasteiger charge is 2.34. The molecule has 2 aliphatic heterocycles. The van der Waals surface area contributed by atoms with Crippen LogP contribution in [0.2, 0.25) is 5.02 Å². The van der Waals surface area contributed by atoms with Crippen LogP contribution in [-0.2, 0) is 10.5 Å². The lowest BCUT2D eigenvalue weighted by atomic mass is 10.1. The van der Waals surface area contributed by atoms with Crippen LogP contribution in [0.5, 0.6) is 0 Å². The Morgan fingerprint density at radius 2 is 1.79 bits per heavy atom. The summed E-state index contributed by atoms with van der Waals surface area (Å²) in [6.07, 6.45) is -0.641. The molecule has 1 atom stereocenters. The molecule has 0 radical (unpaired) electrons. The Labute approximate surface area is 197 Å². The van der Waals surface area contributed by atoms with Gasteiger partial charge < -0.3 is 0 Å². The molecular formula is C23H16ClN5O3S. The minimum absolute atomic E-state index is 0.0185. The summed E-state index contributed by atoms with van der Waals surface area (Å²) in [5, 5.41) is 22.6. The number of para-hydroxylation sites is 1. The molecule has 3 aromatic rings. The van der Waals surface area contributed by atoms with Crippen molar-refractivity contribution in [3.8, 4) is 0 Å². The molecule has 0 unspecified atom stereocenters. The number of benzene rings is 3. The van der Waals surface area contributed by atoms with Crippen LogP contribution >= 0.6 is 23.4 Å². The van der Waals surface area contributed by atoms with Crippen LogP contribution in [0.3, 0.4) is 0 Å². The number of hydrogen-bond donors (Lipinski definition) is 1. The van der Waals surface area contributed by atoms with Crippen LogP contribution < -0.4 is 15.9 Å². The first-order valence-corrected chi connectivity index (χ1v) is 11.3. The van der Waals surface area contributed by atoms with E-state index in [1.165, 1.54) is 23.9 Å². The molecule has 10 heteroatoms. The zero-order chi connectivity index (χ0) is 22.9. The van der Waals surface area contributed by atoms with Crippen molar-refractivity contribution in [2.24, 2.45) is 10.1 Å². The quantitative estimate of drug-likeness (QED) is 0.459. The first kappa shape index (κ1) is 21.2. The minimum atomic E-state index is -0.641. The smallest absolute Gasteiger partial charge is 0.276 e. The monoisotopic (exact) mass is 477 g/mol. The van der Waals surface area contributed by atoms with Crippen LogP contribution in [0, 0.1) is 10.1 Å². The van der Waals surface area contributed by atoms with Gasteiger partial charge in [-0.15, -0.1) is 5.10 Å². The number of carbonyl (C=O) groups is 1. The second-order valence-electron chi connectivity index (χ2n) is 7.30. The van der Waals surface area contributed by atoms with Crippen molar-refractivity contribution >= 4 is 45.8 Å². The van der Waals surface area contributed by atoms with Crippen LogP contribution in [0.1, 0.15) is 17.3 Å². The zero-order valence-corrected chi connectivity index (χ0v) is 18.6. The number of carbonyl (C=O) groups excluding carboxylic acids is 1. The van der Waals surface area contributed by atoms with E-state index in [2.05, 4.69) is 10.4 Å². The van der Waals surface area contributed by atoms with Crippen molar-refractivity contribution in [1.82, 2.24) is 10.3 Å².